The second-order valence-electron chi connectivity index (χ2n) is 4.29. The standard InChI is InChI=1S/C11H17N5O2S/c1-12-9-8-16-6-5-14-11(16)10(15-9)13-4-3-7-19(2,17)18/h5-6,8,12H,3-4,7H2,1-2H3,(H,13,15). The first-order valence-corrected chi connectivity index (χ1v) is 7.99. The SMILES string of the molecule is CNc1cn2ccnc2c(NCCCS(C)(=O)=O)n1. The van der Waals surface area contributed by atoms with Crippen molar-refractivity contribution in [1.82, 2.24) is 14.4 Å². The van der Waals surface area contributed by atoms with Crippen LogP contribution in [0.25, 0.3) is 5.65 Å². The lowest BCUT2D eigenvalue weighted by Crippen LogP contribution is -2.11. The summed E-state index contributed by atoms with van der Waals surface area (Å²) < 4.78 is 23.9. The fourth-order valence-corrected chi connectivity index (χ4v) is 2.38. The van der Waals surface area contributed by atoms with Crippen molar-refractivity contribution >= 4 is 27.1 Å². The molecule has 0 fully saturated rings. The molecule has 0 aromatic carbocycles. The van der Waals surface area contributed by atoms with E-state index in [1.54, 1.807) is 13.2 Å². The van der Waals surface area contributed by atoms with Gasteiger partial charge in [0.15, 0.2) is 11.5 Å². The Hall–Kier alpha value is -1.83. The zero-order valence-corrected chi connectivity index (χ0v) is 11.7. The van der Waals surface area contributed by atoms with Crippen LogP contribution in [0.5, 0.6) is 0 Å². The maximum absolute atomic E-state index is 11.0. The Morgan fingerprint density at radius 3 is 2.89 bits per heavy atom. The third kappa shape index (κ3) is 3.57. The first-order valence-electron chi connectivity index (χ1n) is 5.92. The van der Waals surface area contributed by atoms with Crippen molar-refractivity contribution in [3.05, 3.63) is 18.6 Å². The van der Waals surface area contributed by atoms with E-state index < -0.39 is 9.84 Å². The van der Waals surface area contributed by atoms with Crippen molar-refractivity contribution in [3.63, 3.8) is 0 Å². The predicted molar refractivity (Wildman–Crippen MR) is 75.4 cm³/mol. The zero-order chi connectivity index (χ0) is 13.9. The van der Waals surface area contributed by atoms with E-state index in [-0.39, 0.29) is 5.75 Å². The van der Waals surface area contributed by atoms with Crippen LogP contribution in [-0.2, 0) is 9.84 Å². The lowest BCUT2D eigenvalue weighted by molar-refractivity contribution is 0.600. The summed E-state index contributed by atoms with van der Waals surface area (Å²) in [6, 6.07) is 0. The Labute approximate surface area is 112 Å². The molecule has 2 aromatic heterocycles. The highest BCUT2D eigenvalue weighted by Crippen LogP contribution is 2.15. The summed E-state index contributed by atoms with van der Waals surface area (Å²) >= 11 is 0. The third-order valence-corrected chi connectivity index (χ3v) is 3.64. The summed E-state index contributed by atoms with van der Waals surface area (Å²) in [6.45, 7) is 0.537. The van der Waals surface area contributed by atoms with E-state index in [4.69, 9.17) is 0 Å². The molecule has 0 unspecified atom stereocenters. The highest BCUT2D eigenvalue weighted by Gasteiger charge is 2.07. The van der Waals surface area contributed by atoms with Gasteiger partial charge < -0.3 is 15.0 Å². The molecule has 8 heteroatoms. The third-order valence-electron chi connectivity index (χ3n) is 2.61. The highest BCUT2D eigenvalue weighted by molar-refractivity contribution is 7.90. The van der Waals surface area contributed by atoms with Gasteiger partial charge in [-0.1, -0.05) is 0 Å². The van der Waals surface area contributed by atoms with Crippen molar-refractivity contribution in [3.8, 4) is 0 Å². The zero-order valence-electron chi connectivity index (χ0n) is 10.9. The fraction of sp³-hybridized carbons (Fsp3) is 0.455. The molecule has 2 rings (SSSR count). The molecule has 2 aromatic rings. The van der Waals surface area contributed by atoms with Crippen LogP contribution in [0.3, 0.4) is 0 Å². The lowest BCUT2D eigenvalue weighted by atomic mass is 10.4. The number of sulfone groups is 1. The van der Waals surface area contributed by atoms with Gasteiger partial charge >= 0.3 is 0 Å². The normalized spacial score (nSPS) is 11.7. The molecule has 0 spiro atoms. The minimum atomic E-state index is -2.92. The minimum absolute atomic E-state index is 0.163. The van der Waals surface area contributed by atoms with E-state index in [2.05, 4.69) is 20.6 Å². The number of aromatic nitrogens is 3. The van der Waals surface area contributed by atoms with Gasteiger partial charge in [0, 0.05) is 32.2 Å². The molecular formula is C11H17N5O2S. The topological polar surface area (TPSA) is 88.4 Å². The molecule has 0 saturated heterocycles. The Bertz CT molecular complexity index is 665. The Kier molecular flexibility index (Phi) is 3.89. The van der Waals surface area contributed by atoms with Gasteiger partial charge in [0.05, 0.1) is 11.9 Å². The van der Waals surface area contributed by atoms with Crippen LogP contribution < -0.4 is 10.6 Å². The van der Waals surface area contributed by atoms with Crippen LogP contribution in [0.4, 0.5) is 11.6 Å². The molecule has 0 aliphatic carbocycles. The number of anilines is 2. The summed E-state index contributed by atoms with van der Waals surface area (Å²) in [6.07, 6.45) is 7.14. The molecule has 0 aliphatic rings. The second-order valence-corrected chi connectivity index (χ2v) is 6.55. The number of rotatable bonds is 6. The van der Waals surface area contributed by atoms with E-state index in [0.29, 0.717) is 18.8 Å². The predicted octanol–water partition coefficient (Wildman–Crippen LogP) is 0.618. The van der Waals surface area contributed by atoms with Gasteiger partial charge in [0.2, 0.25) is 0 Å². The van der Waals surface area contributed by atoms with Gasteiger partial charge in [-0.05, 0) is 6.42 Å². The number of hydrogen-bond acceptors (Lipinski definition) is 6. The number of nitrogens with zero attached hydrogens (tertiary/aromatic N) is 3. The summed E-state index contributed by atoms with van der Waals surface area (Å²) in [4.78, 5) is 8.58. The summed E-state index contributed by atoms with van der Waals surface area (Å²) in [7, 11) is -1.13. The maximum Gasteiger partial charge on any atom is 0.180 e. The second kappa shape index (κ2) is 5.43. The highest BCUT2D eigenvalue weighted by atomic mass is 32.2. The van der Waals surface area contributed by atoms with Crippen LogP contribution in [0, 0.1) is 0 Å². The van der Waals surface area contributed by atoms with E-state index in [9.17, 15) is 8.42 Å². The molecule has 104 valence electrons. The molecule has 7 nitrogen and oxygen atoms in total. The van der Waals surface area contributed by atoms with Crippen LogP contribution >= 0.6 is 0 Å². The van der Waals surface area contributed by atoms with Gasteiger partial charge in [-0.2, -0.15) is 0 Å². The lowest BCUT2D eigenvalue weighted by Gasteiger charge is -2.09. The first kappa shape index (κ1) is 13.6. The van der Waals surface area contributed by atoms with Crippen molar-refractivity contribution < 1.29 is 8.42 Å². The Morgan fingerprint density at radius 2 is 2.21 bits per heavy atom. The van der Waals surface area contributed by atoms with Crippen molar-refractivity contribution in [2.24, 2.45) is 0 Å². The molecule has 0 bridgehead atoms. The number of nitrogens with one attached hydrogen (secondary N) is 2. The number of imidazole rings is 1. The van der Waals surface area contributed by atoms with E-state index >= 15 is 0 Å². The molecule has 0 atom stereocenters. The van der Waals surface area contributed by atoms with Crippen LogP contribution in [0.15, 0.2) is 18.6 Å². The molecule has 0 saturated carbocycles. The van der Waals surface area contributed by atoms with Crippen LogP contribution in [0.1, 0.15) is 6.42 Å². The first-order chi connectivity index (χ1) is 8.99. The fourth-order valence-electron chi connectivity index (χ4n) is 1.71. The van der Waals surface area contributed by atoms with Crippen LogP contribution in [-0.4, -0.2) is 48.4 Å². The molecular weight excluding hydrogens is 266 g/mol. The van der Waals surface area contributed by atoms with E-state index in [1.807, 2.05) is 16.8 Å². The Balaban J connectivity index is 2.09. The minimum Gasteiger partial charge on any atom is -0.372 e. The molecule has 0 radical (unpaired) electrons. The maximum atomic E-state index is 11.0. The summed E-state index contributed by atoms with van der Waals surface area (Å²) in [5.41, 5.74) is 0.721. The Morgan fingerprint density at radius 1 is 1.42 bits per heavy atom. The van der Waals surface area contributed by atoms with Crippen molar-refractivity contribution in [2.45, 2.75) is 6.42 Å². The molecule has 19 heavy (non-hydrogen) atoms. The van der Waals surface area contributed by atoms with Crippen molar-refractivity contribution in [2.75, 3.05) is 36.2 Å². The van der Waals surface area contributed by atoms with E-state index in [1.165, 1.54) is 6.26 Å². The molecule has 2 N–H and O–H groups in total. The van der Waals surface area contributed by atoms with E-state index in [0.717, 1.165) is 11.5 Å². The molecule has 0 aliphatic heterocycles. The monoisotopic (exact) mass is 283 g/mol. The summed E-state index contributed by atoms with van der Waals surface area (Å²) in [5, 5.41) is 6.09. The van der Waals surface area contributed by atoms with Gasteiger partial charge in [-0.25, -0.2) is 18.4 Å². The van der Waals surface area contributed by atoms with Gasteiger partial charge in [-0.3, -0.25) is 0 Å². The van der Waals surface area contributed by atoms with Crippen LogP contribution in [0.2, 0.25) is 0 Å². The van der Waals surface area contributed by atoms with Gasteiger partial charge in [0.25, 0.3) is 0 Å². The molecule has 0 amide bonds. The molecule has 2 heterocycles. The smallest absolute Gasteiger partial charge is 0.180 e. The number of fused-ring (bicyclic) bond motifs is 1. The van der Waals surface area contributed by atoms with Gasteiger partial charge in [0.1, 0.15) is 15.7 Å². The number of hydrogen-bond donors (Lipinski definition) is 2. The quantitative estimate of drug-likeness (QED) is 0.755. The van der Waals surface area contributed by atoms with Crippen molar-refractivity contribution in [1.29, 1.82) is 0 Å². The van der Waals surface area contributed by atoms with Gasteiger partial charge in [-0.15, -0.1) is 0 Å². The average molecular weight is 283 g/mol. The average Bonchev–Trinajstić information content (AvgIpc) is 2.81. The summed E-state index contributed by atoms with van der Waals surface area (Å²) in [5.74, 6) is 1.53. The largest absolute Gasteiger partial charge is 0.372 e.